The van der Waals surface area contributed by atoms with Crippen LogP contribution in [0.1, 0.15) is 17.2 Å². The Morgan fingerprint density at radius 2 is 2.31 bits per heavy atom. The number of phenolic OH excluding ortho intramolecular Hbond substituents is 1. The summed E-state index contributed by atoms with van der Waals surface area (Å²) >= 11 is 0. The van der Waals surface area contributed by atoms with Crippen molar-refractivity contribution >= 4 is 5.69 Å². The van der Waals surface area contributed by atoms with E-state index in [2.05, 4.69) is 6.58 Å². The van der Waals surface area contributed by atoms with E-state index in [4.69, 9.17) is 11.0 Å². The van der Waals surface area contributed by atoms with Crippen LogP contribution in [0.4, 0.5) is 5.69 Å². The molecule has 16 heavy (non-hydrogen) atoms. The highest BCUT2D eigenvalue weighted by atomic mass is 16.6. The van der Waals surface area contributed by atoms with Gasteiger partial charge in [-0.1, -0.05) is 6.08 Å². The maximum absolute atomic E-state index is 10.6. The summed E-state index contributed by atoms with van der Waals surface area (Å²) in [6, 6.07) is 3.30. The van der Waals surface area contributed by atoms with Crippen molar-refractivity contribution in [2.24, 2.45) is 5.73 Å². The summed E-state index contributed by atoms with van der Waals surface area (Å²) in [5, 5.41) is 28.9. The molecule has 0 bridgehead atoms. The van der Waals surface area contributed by atoms with Gasteiger partial charge < -0.3 is 10.8 Å². The van der Waals surface area contributed by atoms with Crippen LogP contribution in [-0.2, 0) is 0 Å². The maximum Gasteiger partial charge on any atom is 0.312 e. The number of phenols is 1. The predicted molar refractivity (Wildman–Crippen MR) is 56.6 cm³/mol. The molecule has 0 unspecified atom stereocenters. The minimum Gasteiger partial charge on any atom is -0.502 e. The molecule has 0 spiro atoms. The molecule has 0 aliphatic carbocycles. The first-order valence-electron chi connectivity index (χ1n) is 4.30. The largest absolute Gasteiger partial charge is 0.502 e. The molecule has 1 aromatic carbocycles. The molecule has 0 amide bonds. The fourth-order valence-corrected chi connectivity index (χ4v) is 1.23. The van der Waals surface area contributed by atoms with Crippen molar-refractivity contribution in [1.29, 1.82) is 5.26 Å². The molecular formula is C10H9N3O3. The Bertz CT molecular complexity index is 491. The molecule has 1 atom stereocenters. The van der Waals surface area contributed by atoms with Crippen molar-refractivity contribution in [2.75, 3.05) is 0 Å². The molecule has 0 saturated carbocycles. The average Bonchev–Trinajstić information content (AvgIpc) is 2.28. The summed E-state index contributed by atoms with van der Waals surface area (Å²) in [5.41, 5.74) is 5.22. The highest BCUT2D eigenvalue weighted by Crippen LogP contribution is 2.34. The summed E-state index contributed by atoms with van der Waals surface area (Å²) in [7, 11) is 0. The zero-order valence-electron chi connectivity index (χ0n) is 8.25. The number of nitro benzene ring substituents is 1. The second-order valence-electron chi connectivity index (χ2n) is 3.06. The van der Waals surface area contributed by atoms with Gasteiger partial charge in [0.2, 0.25) is 0 Å². The van der Waals surface area contributed by atoms with Gasteiger partial charge in [0.05, 0.1) is 22.6 Å². The number of benzene rings is 1. The molecule has 82 valence electrons. The normalized spacial score (nSPS) is 11.5. The first kappa shape index (κ1) is 11.7. The van der Waals surface area contributed by atoms with Crippen molar-refractivity contribution in [3.63, 3.8) is 0 Å². The molecule has 1 rings (SSSR count). The SMILES string of the molecule is C=C[C@H](N)c1cc(C#N)cc([N+](=O)[O-])c1O. The number of rotatable bonds is 3. The van der Waals surface area contributed by atoms with E-state index in [1.54, 1.807) is 6.07 Å². The zero-order valence-corrected chi connectivity index (χ0v) is 8.25. The Hall–Kier alpha value is -2.39. The third kappa shape index (κ3) is 1.99. The lowest BCUT2D eigenvalue weighted by atomic mass is 10.0. The molecular weight excluding hydrogens is 210 g/mol. The number of nitrogens with zero attached hydrogens (tertiary/aromatic N) is 2. The van der Waals surface area contributed by atoms with Gasteiger partial charge in [-0.2, -0.15) is 5.26 Å². The van der Waals surface area contributed by atoms with E-state index in [0.717, 1.165) is 6.07 Å². The molecule has 0 aliphatic heterocycles. The van der Waals surface area contributed by atoms with Gasteiger partial charge >= 0.3 is 5.69 Å². The lowest BCUT2D eigenvalue weighted by Crippen LogP contribution is -2.08. The minimum absolute atomic E-state index is 0.0665. The van der Waals surface area contributed by atoms with Gasteiger partial charge in [-0.15, -0.1) is 6.58 Å². The quantitative estimate of drug-likeness (QED) is 0.452. The predicted octanol–water partition coefficient (Wildman–Crippen LogP) is 1.36. The first-order valence-corrected chi connectivity index (χ1v) is 4.30. The molecule has 6 heteroatoms. The summed E-state index contributed by atoms with van der Waals surface area (Å²) < 4.78 is 0. The van der Waals surface area contributed by atoms with Crippen LogP contribution in [0, 0.1) is 21.4 Å². The van der Waals surface area contributed by atoms with Crippen LogP contribution in [0.2, 0.25) is 0 Å². The van der Waals surface area contributed by atoms with Gasteiger partial charge in [0.15, 0.2) is 5.75 Å². The monoisotopic (exact) mass is 219 g/mol. The number of hydrogen-bond acceptors (Lipinski definition) is 5. The van der Waals surface area contributed by atoms with Crippen LogP contribution in [0.5, 0.6) is 5.75 Å². The molecule has 0 saturated heterocycles. The van der Waals surface area contributed by atoms with Crippen molar-refractivity contribution < 1.29 is 10.0 Å². The summed E-state index contributed by atoms with van der Waals surface area (Å²) in [5.74, 6) is -0.531. The number of aromatic hydroxyl groups is 1. The lowest BCUT2D eigenvalue weighted by molar-refractivity contribution is -0.386. The number of nitrogens with two attached hydrogens (primary N) is 1. The van der Waals surface area contributed by atoms with Crippen molar-refractivity contribution in [1.82, 2.24) is 0 Å². The lowest BCUT2D eigenvalue weighted by Gasteiger charge is -2.09. The van der Waals surface area contributed by atoms with Crippen LogP contribution < -0.4 is 5.73 Å². The number of hydrogen-bond donors (Lipinski definition) is 2. The van der Waals surface area contributed by atoms with Gasteiger partial charge in [0, 0.05) is 11.6 Å². The highest BCUT2D eigenvalue weighted by molar-refractivity contribution is 5.57. The fourth-order valence-electron chi connectivity index (χ4n) is 1.23. The second kappa shape index (κ2) is 4.42. The van der Waals surface area contributed by atoms with E-state index in [-0.39, 0.29) is 11.1 Å². The Balaban J connectivity index is 3.50. The molecule has 0 heterocycles. The molecule has 6 nitrogen and oxygen atoms in total. The maximum atomic E-state index is 10.6. The fraction of sp³-hybridized carbons (Fsp3) is 0.100. The summed E-state index contributed by atoms with van der Waals surface area (Å²) in [6.07, 6.45) is 1.32. The summed E-state index contributed by atoms with van der Waals surface area (Å²) in [4.78, 5) is 9.85. The third-order valence-corrected chi connectivity index (χ3v) is 2.06. The van der Waals surface area contributed by atoms with E-state index in [0.29, 0.717) is 0 Å². The van der Waals surface area contributed by atoms with Crippen LogP contribution in [0.25, 0.3) is 0 Å². The molecule has 1 aromatic rings. The summed E-state index contributed by atoms with van der Waals surface area (Å²) in [6.45, 7) is 3.42. The number of nitro groups is 1. The van der Waals surface area contributed by atoms with Crippen molar-refractivity contribution in [3.8, 4) is 11.8 Å². The van der Waals surface area contributed by atoms with E-state index in [1.165, 1.54) is 12.1 Å². The molecule has 0 fully saturated rings. The molecule has 3 N–H and O–H groups in total. The Labute approximate surface area is 91.4 Å². The van der Waals surface area contributed by atoms with Crippen molar-refractivity contribution in [2.45, 2.75) is 6.04 Å². The molecule has 0 aromatic heterocycles. The minimum atomic E-state index is -0.768. The Morgan fingerprint density at radius 1 is 1.69 bits per heavy atom. The van der Waals surface area contributed by atoms with Crippen LogP contribution in [0.3, 0.4) is 0 Å². The molecule has 0 aliphatic rings. The van der Waals surface area contributed by atoms with E-state index < -0.39 is 22.4 Å². The average molecular weight is 219 g/mol. The van der Waals surface area contributed by atoms with Crippen LogP contribution in [-0.4, -0.2) is 10.0 Å². The van der Waals surface area contributed by atoms with E-state index >= 15 is 0 Å². The third-order valence-electron chi connectivity index (χ3n) is 2.06. The standard InChI is InChI=1S/C10H9N3O3/c1-2-8(12)7-3-6(5-11)4-9(10(7)14)13(15)16/h2-4,8,14H,1,12H2/t8-/m0/s1. The van der Waals surface area contributed by atoms with Gasteiger partial charge in [-0.3, -0.25) is 10.1 Å². The van der Waals surface area contributed by atoms with Crippen LogP contribution in [0.15, 0.2) is 24.8 Å². The van der Waals surface area contributed by atoms with Crippen molar-refractivity contribution in [3.05, 3.63) is 46.0 Å². The molecule has 0 radical (unpaired) electrons. The second-order valence-corrected chi connectivity index (χ2v) is 3.06. The Morgan fingerprint density at radius 3 is 2.75 bits per heavy atom. The van der Waals surface area contributed by atoms with Crippen LogP contribution >= 0.6 is 0 Å². The van der Waals surface area contributed by atoms with E-state index in [9.17, 15) is 15.2 Å². The van der Waals surface area contributed by atoms with Gasteiger partial charge in [0.25, 0.3) is 0 Å². The van der Waals surface area contributed by atoms with Gasteiger partial charge in [0.1, 0.15) is 0 Å². The van der Waals surface area contributed by atoms with Gasteiger partial charge in [-0.25, -0.2) is 0 Å². The zero-order chi connectivity index (χ0) is 12.3. The highest BCUT2D eigenvalue weighted by Gasteiger charge is 2.21. The topological polar surface area (TPSA) is 113 Å². The smallest absolute Gasteiger partial charge is 0.312 e. The van der Waals surface area contributed by atoms with Gasteiger partial charge in [-0.05, 0) is 6.07 Å². The first-order chi connectivity index (χ1) is 7.51. The Kier molecular flexibility index (Phi) is 3.23. The number of nitriles is 1. The van der Waals surface area contributed by atoms with E-state index in [1.807, 2.05) is 0 Å².